The molecular weight excluding hydrogens is 322 g/mol. The first kappa shape index (κ1) is 17.0. The van der Waals surface area contributed by atoms with Crippen molar-refractivity contribution < 1.29 is 18.5 Å². The van der Waals surface area contributed by atoms with Crippen molar-refractivity contribution in [2.24, 2.45) is 0 Å². The molecule has 0 N–H and O–H groups in total. The summed E-state index contributed by atoms with van der Waals surface area (Å²) in [6, 6.07) is 6.65. The van der Waals surface area contributed by atoms with E-state index in [9.17, 15) is 13.8 Å². The van der Waals surface area contributed by atoms with Crippen molar-refractivity contribution in [2.75, 3.05) is 31.4 Å². The van der Waals surface area contributed by atoms with E-state index in [0.717, 1.165) is 11.5 Å². The van der Waals surface area contributed by atoms with Gasteiger partial charge in [-0.25, -0.2) is 0 Å². The molecule has 1 fully saturated rings. The molecule has 1 saturated heterocycles. The lowest BCUT2D eigenvalue weighted by molar-refractivity contribution is -0.141. The quantitative estimate of drug-likeness (QED) is 0.778. The van der Waals surface area contributed by atoms with Gasteiger partial charge in [0, 0.05) is 45.6 Å². The van der Waals surface area contributed by atoms with E-state index in [-0.39, 0.29) is 24.3 Å². The molecule has 0 bridgehead atoms. The van der Waals surface area contributed by atoms with Crippen LogP contribution < -0.4 is 0 Å². The summed E-state index contributed by atoms with van der Waals surface area (Å²) in [6.45, 7) is 0.618. The van der Waals surface area contributed by atoms with Crippen molar-refractivity contribution in [3.05, 3.63) is 29.8 Å². The number of nitrogens with zero attached hydrogens (tertiary/aromatic N) is 1. The van der Waals surface area contributed by atoms with Gasteiger partial charge in [-0.05, 0) is 24.3 Å². The molecule has 1 aliphatic heterocycles. The van der Waals surface area contributed by atoms with Gasteiger partial charge < -0.3 is 9.64 Å². The van der Waals surface area contributed by atoms with Crippen LogP contribution in [-0.2, 0) is 20.3 Å². The predicted molar refractivity (Wildman–Crippen MR) is 87.6 cm³/mol. The van der Waals surface area contributed by atoms with Gasteiger partial charge in [0.1, 0.15) is 0 Å². The van der Waals surface area contributed by atoms with Gasteiger partial charge in [0.05, 0.1) is 19.6 Å². The molecule has 7 heteroatoms. The van der Waals surface area contributed by atoms with Crippen molar-refractivity contribution in [3.8, 4) is 0 Å². The highest BCUT2D eigenvalue weighted by atomic mass is 32.2. The summed E-state index contributed by atoms with van der Waals surface area (Å²) in [7, 11) is 0.295. The van der Waals surface area contributed by atoms with Gasteiger partial charge >= 0.3 is 5.97 Å². The molecule has 0 aliphatic carbocycles. The second kappa shape index (κ2) is 7.78. The third-order valence-corrected chi connectivity index (χ3v) is 5.58. The SMILES string of the molecule is COC(=O)C[C@@H]1CSCCN1C(=O)c1ccc([S@](C)=O)cc1. The van der Waals surface area contributed by atoms with E-state index in [1.807, 2.05) is 0 Å². The predicted octanol–water partition coefficient (Wildman–Crippen LogP) is 1.54. The maximum absolute atomic E-state index is 12.6. The second-order valence-electron chi connectivity index (χ2n) is 4.99. The van der Waals surface area contributed by atoms with Crippen LogP contribution in [0.1, 0.15) is 16.8 Å². The fourth-order valence-corrected chi connectivity index (χ4v) is 3.90. The number of rotatable bonds is 4. The topological polar surface area (TPSA) is 63.7 Å². The van der Waals surface area contributed by atoms with Gasteiger partial charge in [-0.1, -0.05) is 0 Å². The van der Waals surface area contributed by atoms with Crippen LogP contribution in [0.5, 0.6) is 0 Å². The standard InChI is InChI=1S/C15H19NO4S2/c1-20-14(17)9-12-10-21-8-7-16(12)15(18)11-3-5-13(6-4-11)22(2)19/h3-6,12H,7-10H2,1-2H3/t12-,22+/m1/s1. The minimum atomic E-state index is -1.06. The van der Waals surface area contributed by atoms with E-state index in [4.69, 9.17) is 4.74 Å². The smallest absolute Gasteiger partial charge is 0.307 e. The molecule has 1 aromatic carbocycles. The molecule has 1 amide bonds. The first-order valence-corrected chi connectivity index (χ1v) is 9.63. The van der Waals surface area contributed by atoms with Gasteiger partial charge in [0.15, 0.2) is 0 Å². The molecule has 1 aromatic rings. The number of methoxy groups -OCH3 is 1. The number of ether oxygens (including phenoxy) is 1. The van der Waals surface area contributed by atoms with Crippen LogP contribution in [0.3, 0.4) is 0 Å². The Morgan fingerprint density at radius 1 is 1.36 bits per heavy atom. The molecule has 0 aromatic heterocycles. The third kappa shape index (κ3) is 4.10. The average Bonchev–Trinajstić information content (AvgIpc) is 2.54. The lowest BCUT2D eigenvalue weighted by Gasteiger charge is -2.35. The van der Waals surface area contributed by atoms with E-state index >= 15 is 0 Å². The largest absolute Gasteiger partial charge is 0.469 e. The molecule has 120 valence electrons. The minimum Gasteiger partial charge on any atom is -0.469 e. The van der Waals surface area contributed by atoms with E-state index in [1.165, 1.54) is 7.11 Å². The first-order valence-electron chi connectivity index (χ1n) is 6.92. The Labute approximate surface area is 136 Å². The Morgan fingerprint density at radius 2 is 2.05 bits per heavy atom. The summed E-state index contributed by atoms with van der Waals surface area (Å²) >= 11 is 1.74. The highest BCUT2D eigenvalue weighted by Gasteiger charge is 2.29. The van der Waals surface area contributed by atoms with Crippen LogP contribution in [0.15, 0.2) is 29.2 Å². The number of amides is 1. The summed E-state index contributed by atoms with van der Waals surface area (Å²) in [5.74, 6) is 1.20. The Bertz CT molecular complexity index is 573. The molecular formula is C15H19NO4S2. The molecule has 2 rings (SSSR count). The van der Waals surface area contributed by atoms with E-state index in [0.29, 0.717) is 17.0 Å². The summed E-state index contributed by atoms with van der Waals surface area (Å²) in [4.78, 5) is 26.6. The zero-order chi connectivity index (χ0) is 16.1. The first-order chi connectivity index (χ1) is 10.5. The summed E-state index contributed by atoms with van der Waals surface area (Å²) in [5.41, 5.74) is 0.552. The third-order valence-electron chi connectivity index (χ3n) is 3.55. The van der Waals surface area contributed by atoms with E-state index in [2.05, 4.69) is 0 Å². The van der Waals surface area contributed by atoms with Crippen molar-refractivity contribution >= 4 is 34.4 Å². The second-order valence-corrected chi connectivity index (χ2v) is 7.52. The molecule has 1 aliphatic rings. The Hall–Kier alpha value is -1.34. The number of esters is 1. The van der Waals surface area contributed by atoms with Crippen LogP contribution in [0.25, 0.3) is 0 Å². The molecule has 0 saturated carbocycles. The Morgan fingerprint density at radius 3 is 2.64 bits per heavy atom. The monoisotopic (exact) mass is 341 g/mol. The minimum absolute atomic E-state index is 0.0948. The number of hydrogen-bond acceptors (Lipinski definition) is 5. The number of carbonyl (C=O) groups is 2. The highest BCUT2D eigenvalue weighted by molar-refractivity contribution is 7.99. The molecule has 0 spiro atoms. The molecule has 1 heterocycles. The van der Waals surface area contributed by atoms with Crippen molar-refractivity contribution in [2.45, 2.75) is 17.4 Å². The van der Waals surface area contributed by atoms with Crippen LogP contribution in [0, 0.1) is 0 Å². The molecule has 5 nitrogen and oxygen atoms in total. The summed E-state index contributed by atoms with van der Waals surface area (Å²) in [5, 5.41) is 0. The number of carbonyl (C=O) groups excluding carboxylic acids is 2. The van der Waals surface area contributed by atoms with E-state index in [1.54, 1.807) is 47.2 Å². The van der Waals surface area contributed by atoms with E-state index < -0.39 is 10.8 Å². The number of hydrogen-bond donors (Lipinski definition) is 0. The summed E-state index contributed by atoms with van der Waals surface area (Å²) < 4.78 is 16.1. The Balaban J connectivity index is 2.14. The molecule has 0 radical (unpaired) electrons. The number of thioether (sulfide) groups is 1. The fourth-order valence-electron chi connectivity index (χ4n) is 2.32. The summed E-state index contributed by atoms with van der Waals surface area (Å²) in [6.07, 6.45) is 1.82. The van der Waals surface area contributed by atoms with Crippen LogP contribution in [0.4, 0.5) is 0 Å². The van der Waals surface area contributed by atoms with Gasteiger partial charge in [-0.2, -0.15) is 11.8 Å². The zero-order valence-electron chi connectivity index (χ0n) is 12.6. The lowest BCUT2D eigenvalue weighted by atomic mass is 10.1. The maximum Gasteiger partial charge on any atom is 0.307 e. The van der Waals surface area contributed by atoms with Crippen molar-refractivity contribution in [1.82, 2.24) is 4.90 Å². The molecule has 0 unspecified atom stereocenters. The maximum atomic E-state index is 12.6. The zero-order valence-corrected chi connectivity index (χ0v) is 14.2. The van der Waals surface area contributed by atoms with Crippen LogP contribution >= 0.6 is 11.8 Å². The van der Waals surface area contributed by atoms with Gasteiger partial charge in [0.2, 0.25) is 0 Å². The molecule has 2 atom stereocenters. The Kier molecular flexibility index (Phi) is 6.02. The van der Waals surface area contributed by atoms with Gasteiger partial charge in [0.25, 0.3) is 5.91 Å². The lowest BCUT2D eigenvalue weighted by Crippen LogP contribution is -2.47. The average molecular weight is 341 g/mol. The fraction of sp³-hybridized carbons (Fsp3) is 0.467. The van der Waals surface area contributed by atoms with Crippen molar-refractivity contribution in [3.63, 3.8) is 0 Å². The number of benzene rings is 1. The van der Waals surface area contributed by atoms with Crippen LogP contribution in [0.2, 0.25) is 0 Å². The van der Waals surface area contributed by atoms with Gasteiger partial charge in [-0.3, -0.25) is 13.8 Å². The highest BCUT2D eigenvalue weighted by Crippen LogP contribution is 2.22. The van der Waals surface area contributed by atoms with Crippen molar-refractivity contribution in [1.29, 1.82) is 0 Å². The van der Waals surface area contributed by atoms with Crippen LogP contribution in [-0.4, -0.2) is 58.4 Å². The molecule has 22 heavy (non-hydrogen) atoms. The van der Waals surface area contributed by atoms with Gasteiger partial charge in [-0.15, -0.1) is 0 Å². The normalized spacial score (nSPS) is 19.5.